The van der Waals surface area contributed by atoms with Crippen molar-refractivity contribution >= 4 is 29.0 Å². The smallest absolute Gasteiger partial charge is 0.329 e. The number of carbonyl (C=O) groups excluding carboxylic acids is 1. The van der Waals surface area contributed by atoms with Gasteiger partial charge in [-0.3, -0.25) is 14.9 Å². The van der Waals surface area contributed by atoms with Crippen LogP contribution in [-0.2, 0) is 4.79 Å². The molecule has 8 nitrogen and oxygen atoms in total. The summed E-state index contributed by atoms with van der Waals surface area (Å²) in [6, 6.07) is -0.0120. The van der Waals surface area contributed by atoms with E-state index >= 15 is 0 Å². The predicted molar refractivity (Wildman–Crippen MR) is 76.9 cm³/mol. The topological polar surface area (TPSA) is 124 Å². The molecule has 0 radical (unpaired) electrons. The number of carbonyl (C=O) groups is 1. The molecule has 0 aromatic carbocycles. The number of amides is 1. The number of nitrogens with two attached hydrogens (primary N) is 1. The zero-order valence-corrected chi connectivity index (χ0v) is 12.3. The maximum Gasteiger partial charge on any atom is 0.329 e. The number of rotatable bonds is 4. The summed E-state index contributed by atoms with van der Waals surface area (Å²) in [5.41, 5.74) is 4.67. The van der Waals surface area contributed by atoms with E-state index in [0.29, 0.717) is 25.7 Å². The number of aromatic nitrogens is 2. The van der Waals surface area contributed by atoms with E-state index in [0.717, 1.165) is 6.20 Å². The molecule has 0 saturated heterocycles. The summed E-state index contributed by atoms with van der Waals surface area (Å²) in [5, 5.41) is 13.9. The molecule has 1 saturated carbocycles. The van der Waals surface area contributed by atoms with Crippen LogP contribution in [0.3, 0.4) is 0 Å². The van der Waals surface area contributed by atoms with E-state index in [1.807, 2.05) is 6.92 Å². The molecule has 0 unspecified atom stereocenters. The van der Waals surface area contributed by atoms with Crippen molar-refractivity contribution in [3.63, 3.8) is 0 Å². The third-order valence-electron chi connectivity index (χ3n) is 3.96. The van der Waals surface area contributed by atoms with Crippen LogP contribution in [0, 0.1) is 15.5 Å². The molecule has 3 N–H and O–H groups in total. The molecule has 9 heteroatoms. The molecule has 1 amide bonds. The van der Waals surface area contributed by atoms with Crippen LogP contribution in [0.25, 0.3) is 0 Å². The van der Waals surface area contributed by atoms with Crippen molar-refractivity contribution < 1.29 is 9.72 Å². The second-order valence-corrected chi connectivity index (χ2v) is 5.81. The van der Waals surface area contributed by atoms with Crippen LogP contribution in [0.5, 0.6) is 0 Å². The van der Waals surface area contributed by atoms with Crippen molar-refractivity contribution in [1.82, 2.24) is 9.97 Å². The van der Waals surface area contributed by atoms with E-state index in [1.165, 1.54) is 0 Å². The molecular weight excluding hydrogens is 298 g/mol. The van der Waals surface area contributed by atoms with Gasteiger partial charge in [0.15, 0.2) is 0 Å². The first kappa shape index (κ1) is 15.4. The van der Waals surface area contributed by atoms with E-state index in [9.17, 15) is 14.9 Å². The molecule has 21 heavy (non-hydrogen) atoms. The zero-order valence-electron chi connectivity index (χ0n) is 11.5. The molecule has 0 aliphatic heterocycles. The van der Waals surface area contributed by atoms with Gasteiger partial charge in [-0.05, 0) is 37.3 Å². The first-order valence-corrected chi connectivity index (χ1v) is 6.93. The van der Waals surface area contributed by atoms with E-state index < -0.39 is 10.3 Å². The molecule has 114 valence electrons. The zero-order chi connectivity index (χ0) is 15.6. The van der Waals surface area contributed by atoms with Crippen molar-refractivity contribution in [2.75, 3.05) is 5.32 Å². The third kappa shape index (κ3) is 3.38. The van der Waals surface area contributed by atoms with Gasteiger partial charge in [0.1, 0.15) is 6.20 Å². The maximum absolute atomic E-state index is 11.4. The number of nitrogens with one attached hydrogen (secondary N) is 1. The number of nitrogens with zero attached hydrogens (tertiary/aromatic N) is 3. The minimum absolute atomic E-state index is 0.0120. The number of hydrogen-bond donors (Lipinski definition) is 2. The fraction of sp³-hybridized carbons (Fsp3) is 0.583. The second-order valence-electron chi connectivity index (χ2n) is 5.47. The lowest BCUT2D eigenvalue weighted by Crippen LogP contribution is -2.40. The van der Waals surface area contributed by atoms with Gasteiger partial charge in [-0.2, -0.15) is 4.98 Å². The molecule has 0 bridgehead atoms. The Morgan fingerprint density at radius 1 is 1.57 bits per heavy atom. The van der Waals surface area contributed by atoms with Crippen LogP contribution in [0.15, 0.2) is 6.20 Å². The van der Waals surface area contributed by atoms with Crippen LogP contribution in [0.4, 0.5) is 11.5 Å². The summed E-state index contributed by atoms with van der Waals surface area (Å²) in [5.74, 6) is -0.204. The second kappa shape index (κ2) is 5.80. The van der Waals surface area contributed by atoms with E-state index in [-0.39, 0.29) is 28.7 Å². The highest BCUT2D eigenvalue weighted by Crippen LogP contribution is 2.37. The van der Waals surface area contributed by atoms with Gasteiger partial charge >= 0.3 is 5.69 Å². The Hall–Kier alpha value is -1.96. The Morgan fingerprint density at radius 2 is 2.19 bits per heavy atom. The van der Waals surface area contributed by atoms with Crippen LogP contribution >= 0.6 is 11.6 Å². The predicted octanol–water partition coefficient (Wildman–Crippen LogP) is 1.88. The molecule has 1 heterocycles. The molecule has 0 spiro atoms. The minimum atomic E-state index is -0.561. The summed E-state index contributed by atoms with van der Waals surface area (Å²) in [4.78, 5) is 29.3. The third-order valence-corrected chi connectivity index (χ3v) is 4.14. The molecule has 1 aromatic rings. The maximum atomic E-state index is 11.4. The number of nitro groups is 1. The number of anilines is 1. The summed E-state index contributed by atoms with van der Waals surface area (Å²) in [6.07, 6.45) is 3.70. The van der Waals surface area contributed by atoms with Gasteiger partial charge in [-0.15, -0.1) is 0 Å². The van der Waals surface area contributed by atoms with Gasteiger partial charge in [0, 0.05) is 11.5 Å². The highest BCUT2D eigenvalue weighted by molar-refractivity contribution is 6.28. The Bertz CT molecular complexity index is 572. The number of halogens is 1. The Balaban J connectivity index is 2.09. The van der Waals surface area contributed by atoms with E-state index in [4.69, 9.17) is 17.3 Å². The van der Waals surface area contributed by atoms with Gasteiger partial charge in [-0.1, -0.05) is 6.92 Å². The van der Waals surface area contributed by atoms with Crippen molar-refractivity contribution in [2.24, 2.45) is 11.1 Å². The fourth-order valence-corrected chi connectivity index (χ4v) is 2.57. The highest BCUT2D eigenvalue weighted by Gasteiger charge is 2.36. The van der Waals surface area contributed by atoms with Gasteiger partial charge in [0.05, 0.1) is 4.92 Å². The standard InChI is InChI=1S/C12H16ClN5O3/c1-12(10(14)19)4-2-7(3-5-12)16-9-8(18(20)21)6-15-11(13)17-9/h6-7H,2-5H2,1H3,(H2,14,19)(H,15,16,17). The average molecular weight is 314 g/mol. The van der Waals surface area contributed by atoms with Crippen LogP contribution < -0.4 is 11.1 Å². The van der Waals surface area contributed by atoms with Gasteiger partial charge in [0.25, 0.3) is 0 Å². The molecule has 1 fully saturated rings. The molecule has 1 aliphatic carbocycles. The lowest BCUT2D eigenvalue weighted by atomic mass is 9.73. The first-order valence-electron chi connectivity index (χ1n) is 6.55. The quantitative estimate of drug-likeness (QED) is 0.497. The average Bonchev–Trinajstić information content (AvgIpc) is 2.41. The highest BCUT2D eigenvalue weighted by atomic mass is 35.5. The van der Waals surface area contributed by atoms with E-state index in [2.05, 4.69) is 15.3 Å². The fourth-order valence-electron chi connectivity index (χ4n) is 2.43. The van der Waals surface area contributed by atoms with Crippen molar-refractivity contribution in [3.05, 3.63) is 21.6 Å². The van der Waals surface area contributed by atoms with Gasteiger partial charge in [0.2, 0.25) is 17.0 Å². The summed E-state index contributed by atoms with van der Waals surface area (Å²) < 4.78 is 0. The Morgan fingerprint density at radius 3 is 2.71 bits per heavy atom. The first-order chi connectivity index (χ1) is 9.82. The van der Waals surface area contributed by atoms with Crippen LogP contribution in [0.1, 0.15) is 32.6 Å². The lowest BCUT2D eigenvalue weighted by Gasteiger charge is -2.35. The minimum Gasteiger partial charge on any atom is -0.369 e. The van der Waals surface area contributed by atoms with Crippen molar-refractivity contribution in [3.8, 4) is 0 Å². The molecule has 1 aliphatic rings. The van der Waals surface area contributed by atoms with Crippen molar-refractivity contribution in [2.45, 2.75) is 38.6 Å². The van der Waals surface area contributed by atoms with Crippen molar-refractivity contribution in [1.29, 1.82) is 0 Å². The van der Waals surface area contributed by atoms with Crippen LogP contribution in [-0.4, -0.2) is 26.8 Å². The van der Waals surface area contributed by atoms with Gasteiger partial charge < -0.3 is 11.1 Å². The SMILES string of the molecule is CC1(C(N)=O)CCC(Nc2nc(Cl)ncc2[N+](=O)[O-])CC1. The Kier molecular flexibility index (Phi) is 4.26. The summed E-state index contributed by atoms with van der Waals surface area (Å²) in [7, 11) is 0. The van der Waals surface area contributed by atoms with E-state index in [1.54, 1.807) is 0 Å². The number of hydrogen-bond acceptors (Lipinski definition) is 6. The Labute approximate surface area is 126 Å². The lowest BCUT2D eigenvalue weighted by molar-refractivity contribution is -0.384. The number of primary amides is 1. The van der Waals surface area contributed by atoms with Gasteiger partial charge in [-0.25, -0.2) is 4.98 Å². The monoisotopic (exact) mass is 313 g/mol. The van der Waals surface area contributed by atoms with Crippen LogP contribution in [0.2, 0.25) is 5.28 Å². The largest absolute Gasteiger partial charge is 0.369 e. The summed E-state index contributed by atoms with van der Waals surface area (Å²) in [6.45, 7) is 1.84. The molecule has 0 atom stereocenters. The molecular formula is C12H16ClN5O3. The molecule has 2 rings (SSSR count). The summed E-state index contributed by atoms with van der Waals surface area (Å²) >= 11 is 5.68. The molecule has 1 aromatic heterocycles. The normalized spacial score (nSPS) is 25.3.